The SMILES string of the molecule is Cl.Cl.O=C(NCc1cccnc1)C1CCCCN1. The Hall–Kier alpha value is -0.840. The van der Waals surface area contributed by atoms with E-state index < -0.39 is 0 Å². The number of amides is 1. The number of hydrogen-bond donors (Lipinski definition) is 2. The molecular weight excluding hydrogens is 273 g/mol. The number of hydrogen-bond acceptors (Lipinski definition) is 3. The van der Waals surface area contributed by atoms with Crippen LogP contribution in [0.3, 0.4) is 0 Å². The van der Waals surface area contributed by atoms with Crippen LogP contribution in [0.25, 0.3) is 0 Å². The molecule has 0 aliphatic carbocycles. The lowest BCUT2D eigenvalue weighted by Crippen LogP contribution is -2.46. The van der Waals surface area contributed by atoms with Crippen LogP contribution in [-0.4, -0.2) is 23.5 Å². The van der Waals surface area contributed by atoms with E-state index in [0.29, 0.717) is 6.54 Å². The third kappa shape index (κ3) is 5.21. The molecule has 2 N–H and O–H groups in total. The fourth-order valence-corrected chi connectivity index (χ4v) is 1.89. The highest BCUT2D eigenvalue weighted by Gasteiger charge is 2.19. The van der Waals surface area contributed by atoms with Crippen LogP contribution in [0.4, 0.5) is 0 Å². The summed E-state index contributed by atoms with van der Waals surface area (Å²) < 4.78 is 0. The van der Waals surface area contributed by atoms with Crippen LogP contribution in [0.5, 0.6) is 0 Å². The largest absolute Gasteiger partial charge is 0.351 e. The number of carbonyl (C=O) groups excluding carboxylic acids is 1. The summed E-state index contributed by atoms with van der Waals surface area (Å²) in [6, 6.07) is 3.83. The molecular formula is C12H19Cl2N3O. The van der Waals surface area contributed by atoms with Crippen molar-refractivity contribution >= 4 is 30.7 Å². The van der Waals surface area contributed by atoms with Gasteiger partial charge in [0.15, 0.2) is 0 Å². The third-order valence-corrected chi connectivity index (χ3v) is 2.82. The van der Waals surface area contributed by atoms with E-state index in [1.165, 1.54) is 6.42 Å². The van der Waals surface area contributed by atoms with E-state index in [4.69, 9.17) is 0 Å². The molecule has 0 aromatic carbocycles. The zero-order valence-electron chi connectivity index (χ0n) is 10.1. The molecule has 1 saturated heterocycles. The molecule has 0 bridgehead atoms. The summed E-state index contributed by atoms with van der Waals surface area (Å²) in [5, 5.41) is 6.15. The van der Waals surface area contributed by atoms with Crippen LogP contribution in [0, 0.1) is 0 Å². The van der Waals surface area contributed by atoms with Crippen molar-refractivity contribution in [1.82, 2.24) is 15.6 Å². The van der Waals surface area contributed by atoms with Gasteiger partial charge in [-0.05, 0) is 31.0 Å². The number of nitrogens with zero attached hydrogens (tertiary/aromatic N) is 1. The van der Waals surface area contributed by atoms with Gasteiger partial charge < -0.3 is 10.6 Å². The smallest absolute Gasteiger partial charge is 0.237 e. The van der Waals surface area contributed by atoms with Crippen LogP contribution in [-0.2, 0) is 11.3 Å². The van der Waals surface area contributed by atoms with Crippen LogP contribution >= 0.6 is 24.8 Å². The van der Waals surface area contributed by atoms with E-state index in [9.17, 15) is 4.79 Å². The Morgan fingerprint density at radius 3 is 2.89 bits per heavy atom. The highest BCUT2D eigenvalue weighted by atomic mass is 35.5. The highest BCUT2D eigenvalue weighted by Crippen LogP contribution is 2.07. The van der Waals surface area contributed by atoms with Gasteiger partial charge in [0, 0.05) is 18.9 Å². The topological polar surface area (TPSA) is 54.0 Å². The first-order chi connectivity index (χ1) is 7.86. The zero-order chi connectivity index (χ0) is 11.2. The molecule has 1 aliphatic heterocycles. The Morgan fingerprint density at radius 1 is 1.44 bits per heavy atom. The van der Waals surface area contributed by atoms with Crippen LogP contribution in [0.15, 0.2) is 24.5 Å². The minimum Gasteiger partial charge on any atom is -0.351 e. The molecule has 1 amide bonds. The lowest BCUT2D eigenvalue weighted by atomic mass is 10.0. The van der Waals surface area contributed by atoms with Gasteiger partial charge in [-0.3, -0.25) is 9.78 Å². The number of rotatable bonds is 3. The number of halogens is 2. The van der Waals surface area contributed by atoms with E-state index in [-0.39, 0.29) is 36.8 Å². The summed E-state index contributed by atoms with van der Waals surface area (Å²) in [7, 11) is 0. The fraction of sp³-hybridized carbons (Fsp3) is 0.500. The summed E-state index contributed by atoms with van der Waals surface area (Å²) >= 11 is 0. The van der Waals surface area contributed by atoms with Gasteiger partial charge in [-0.2, -0.15) is 0 Å². The molecule has 102 valence electrons. The number of carbonyl (C=O) groups is 1. The normalized spacial score (nSPS) is 18.1. The van der Waals surface area contributed by atoms with Crippen molar-refractivity contribution in [2.75, 3.05) is 6.54 Å². The summed E-state index contributed by atoms with van der Waals surface area (Å²) in [4.78, 5) is 15.8. The van der Waals surface area contributed by atoms with Crippen molar-refractivity contribution in [2.24, 2.45) is 0 Å². The molecule has 1 aliphatic rings. The van der Waals surface area contributed by atoms with Gasteiger partial charge in [0.2, 0.25) is 5.91 Å². The summed E-state index contributed by atoms with van der Waals surface area (Å²) in [5.41, 5.74) is 1.03. The van der Waals surface area contributed by atoms with E-state index in [1.807, 2.05) is 12.1 Å². The second-order valence-electron chi connectivity index (χ2n) is 4.08. The number of pyridine rings is 1. The van der Waals surface area contributed by atoms with Crippen molar-refractivity contribution in [3.05, 3.63) is 30.1 Å². The van der Waals surface area contributed by atoms with Crippen LogP contribution in [0.1, 0.15) is 24.8 Å². The molecule has 2 heterocycles. The molecule has 1 aromatic rings. The Labute approximate surface area is 120 Å². The van der Waals surface area contributed by atoms with E-state index in [0.717, 1.165) is 24.9 Å². The predicted molar refractivity (Wildman–Crippen MR) is 76.2 cm³/mol. The van der Waals surface area contributed by atoms with Crippen molar-refractivity contribution in [1.29, 1.82) is 0 Å². The maximum atomic E-state index is 11.8. The second-order valence-corrected chi connectivity index (χ2v) is 4.08. The number of nitrogens with one attached hydrogen (secondary N) is 2. The Kier molecular flexibility index (Phi) is 8.71. The molecule has 1 atom stereocenters. The fourth-order valence-electron chi connectivity index (χ4n) is 1.89. The average molecular weight is 292 g/mol. The lowest BCUT2D eigenvalue weighted by Gasteiger charge is -2.22. The summed E-state index contributed by atoms with van der Waals surface area (Å²) in [6.45, 7) is 1.51. The molecule has 1 aromatic heterocycles. The summed E-state index contributed by atoms with van der Waals surface area (Å²) in [5.74, 6) is 0.101. The maximum absolute atomic E-state index is 11.8. The Morgan fingerprint density at radius 2 is 2.28 bits per heavy atom. The number of aromatic nitrogens is 1. The van der Waals surface area contributed by atoms with Gasteiger partial charge in [-0.25, -0.2) is 0 Å². The molecule has 1 fully saturated rings. The first-order valence-electron chi connectivity index (χ1n) is 5.76. The molecule has 1 unspecified atom stereocenters. The molecule has 2 rings (SSSR count). The molecule has 4 nitrogen and oxygen atoms in total. The van der Waals surface area contributed by atoms with E-state index >= 15 is 0 Å². The monoisotopic (exact) mass is 291 g/mol. The Bertz CT molecular complexity index is 342. The van der Waals surface area contributed by atoms with Crippen molar-refractivity contribution < 1.29 is 4.79 Å². The molecule has 0 spiro atoms. The Balaban J connectivity index is 0.00000144. The quantitative estimate of drug-likeness (QED) is 0.891. The number of piperidine rings is 1. The standard InChI is InChI=1S/C12H17N3O.2ClH/c16-12(11-5-1-2-7-14-11)15-9-10-4-3-6-13-8-10;;/h3-4,6,8,11,14H,1-2,5,7,9H2,(H,15,16);2*1H. The van der Waals surface area contributed by atoms with Crippen molar-refractivity contribution in [3.8, 4) is 0 Å². The van der Waals surface area contributed by atoms with E-state index in [1.54, 1.807) is 12.4 Å². The first-order valence-corrected chi connectivity index (χ1v) is 5.76. The van der Waals surface area contributed by atoms with Crippen molar-refractivity contribution in [3.63, 3.8) is 0 Å². The van der Waals surface area contributed by atoms with Gasteiger partial charge in [-0.1, -0.05) is 12.5 Å². The van der Waals surface area contributed by atoms with Gasteiger partial charge in [-0.15, -0.1) is 24.8 Å². The first kappa shape index (κ1) is 17.2. The minimum atomic E-state index is -0.00887. The van der Waals surface area contributed by atoms with Crippen LogP contribution in [0.2, 0.25) is 0 Å². The average Bonchev–Trinajstić information content (AvgIpc) is 2.38. The third-order valence-electron chi connectivity index (χ3n) is 2.82. The van der Waals surface area contributed by atoms with Gasteiger partial charge >= 0.3 is 0 Å². The van der Waals surface area contributed by atoms with E-state index in [2.05, 4.69) is 15.6 Å². The lowest BCUT2D eigenvalue weighted by molar-refractivity contribution is -0.123. The second kappa shape index (κ2) is 9.14. The maximum Gasteiger partial charge on any atom is 0.237 e. The molecule has 0 saturated carbocycles. The molecule has 0 radical (unpaired) electrons. The highest BCUT2D eigenvalue weighted by molar-refractivity contribution is 5.85. The van der Waals surface area contributed by atoms with Crippen LogP contribution < -0.4 is 10.6 Å². The zero-order valence-corrected chi connectivity index (χ0v) is 11.7. The van der Waals surface area contributed by atoms with Gasteiger partial charge in [0.05, 0.1) is 6.04 Å². The minimum absolute atomic E-state index is 0. The molecule has 18 heavy (non-hydrogen) atoms. The van der Waals surface area contributed by atoms with Gasteiger partial charge in [0.1, 0.15) is 0 Å². The molecule has 6 heteroatoms. The van der Waals surface area contributed by atoms with Crippen molar-refractivity contribution in [2.45, 2.75) is 31.8 Å². The predicted octanol–water partition coefficient (Wildman–Crippen LogP) is 1.68. The summed E-state index contributed by atoms with van der Waals surface area (Å²) in [6.07, 6.45) is 6.76. The van der Waals surface area contributed by atoms with Gasteiger partial charge in [0.25, 0.3) is 0 Å².